The van der Waals surface area contributed by atoms with Crippen molar-refractivity contribution >= 4 is 23.2 Å². The van der Waals surface area contributed by atoms with Crippen LogP contribution < -0.4 is 10.6 Å². The third-order valence-electron chi connectivity index (χ3n) is 2.25. The van der Waals surface area contributed by atoms with E-state index in [9.17, 15) is 9.59 Å². The van der Waals surface area contributed by atoms with Crippen LogP contribution in [0, 0.1) is 0 Å². The molecule has 5 nitrogen and oxygen atoms in total. The topological polar surface area (TPSA) is 71.3 Å². The van der Waals surface area contributed by atoms with Crippen molar-refractivity contribution < 1.29 is 14.0 Å². The first kappa shape index (κ1) is 11.9. The van der Waals surface area contributed by atoms with E-state index in [0.29, 0.717) is 16.9 Å². The zero-order chi connectivity index (χ0) is 13.0. The standard InChI is InChI=1S/C13H12N2O3/c1-9(16)14-11-2-4-12(5-3-11)15-13(17)10-6-7-18-8-10/h2-8H,1H3,(H,14,16)(H,15,17). The molecule has 0 unspecified atom stereocenters. The molecule has 1 aromatic heterocycles. The summed E-state index contributed by atoms with van der Waals surface area (Å²) in [6.07, 6.45) is 2.82. The Kier molecular flexibility index (Phi) is 3.43. The molecule has 0 aliphatic heterocycles. The Morgan fingerprint density at radius 3 is 2.11 bits per heavy atom. The SMILES string of the molecule is CC(=O)Nc1ccc(NC(=O)c2ccoc2)cc1. The maximum atomic E-state index is 11.7. The number of carbonyl (C=O) groups excluding carboxylic acids is 2. The highest BCUT2D eigenvalue weighted by molar-refractivity contribution is 6.04. The Hall–Kier alpha value is -2.56. The Morgan fingerprint density at radius 2 is 1.61 bits per heavy atom. The Bertz CT molecular complexity index is 544. The van der Waals surface area contributed by atoms with Crippen LogP contribution in [-0.2, 0) is 4.79 Å². The van der Waals surface area contributed by atoms with Crippen LogP contribution in [0.25, 0.3) is 0 Å². The minimum Gasteiger partial charge on any atom is -0.472 e. The van der Waals surface area contributed by atoms with Gasteiger partial charge >= 0.3 is 0 Å². The van der Waals surface area contributed by atoms with Gasteiger partial charge in [0.05, 0.1) is 11.8 Å². The van der Waals surface area contributed by atoms with Crippen molar-refractivity contribution in [2.24, 2.45) is 0 Å². The van der Waals surface area contributed by atoms with Gasteiger partial charge in [-0.15, -0.1) is 0 Å². The van der Waals surface area contributed by atoms with E-state index in [4.69, 9.17) is 4.42 Å². The number of furan rings is 1. The first-order valence-electron chi connectivity index (χ1n) is 5.36. The van der Waals surface area contributed by atoms with Gasteiger partial charge in [0, 0.05) is 18.3 Å². The van der Waals surface area contributed by atoms with Gasteiger partial charge in [-0.2, -0.15) is 0 Å². The van der Waals surface area contributed by atoms with Crippen LogP contribution in [0.5, 0.6) is 0 Å². The summed E-state index contributed by atoms with van der Waals surface area (Å²) in [5, 5.41) is 5.36. The first-order valence-corrected chi connectivity index (χ1v) is 5.36. The van der Waals surface area contributed by atoms with Crippen LogP contribution >= 0.6 is 0 Å². The second-order valence-electron chi connectivity index (χ2n) is 3.72. The van der Waals surface area contributed by atoms with E-state index in [1.54, 1.807) is 30.3 Å². The highest BCUT2D eigenvalue weighted by Gasteiger charge is 2.06. The van der Waals surface area contributed by atoms with Crippen molar-refractivity contribution in [2.75, 3.05) is 10.6 Å². The second kappa shape index (κ2) is 5.18. The zero-order valence-electron chi connectivity index (χ0n) is 9.77. The van der Waals surface area contributed by atoms with Crippen LogP contribution in [0.15, 0.2) is 47.3 Å². The van der Waals surface area contributed by atoms with Gasteiger partial charge in [-0.1, -0.05) is 0 Å². The number of nitrogens with one attached hydrogen (secondary N) is 2. The van der Waals surface area contributed by atoms with Gasteiger partial charge in [0.2, 0.25) is 5.91 Å². The van der Waals surface area contributed by atoms with Crippen LogP contribution in [0.4, 0.5) is 11.4 Å². The van der Waals surface area contributed by atoms with Crippen LogP contribution in [0.3, 0.4) is 0 Å². The molecule has 0 saturated carbocycles. The minimum absolute atomic E-state index is 0.134. The lowest BCUT2D eigenvalue weighted by Gasteiger charge is -2.05. The second-order valence-corrected chi connectivity index (χ2v) is 3.72. The van der Waals surface area contributed by atoms with Crippen molar-refractivity contribution in [2.45, 2.75) is 6.92 Å². The molecule has 0 aliphatic carbocycles. The zero-order valence-corrected chi connectivity index (χ0v) is 9.77. The molecule has 2 rings (SSSR count). The van der Waals surface area contributed by atoms with E-state index >= 15 is 0 Å². The summed E-state index contributed by atoms with van der Waals surface area (Å²) in [5.74, 6) is -0.374. The molecular formula is C13H12N2O3. The van der Waals surface area contributed by atoms with Gasteiger partial charge in [-0.25, -0.2) is 0 Å². The monoisotopic (exact) mass is 244 g/mol. The molecule has 0 radical (unpaired) electrons. The smallest absolute Gasteiger partial charge is 0.258 e. The molecule has 5 heteroatoms. The molecule has 2 aromatic rings. The van der Waals surface area contributed by atoms with E-state index < -0.39 is 0 Å². The predicted molar refractivity (Wildman–Crippen MR) is 67.4 cm³/mol. The number of carbonyl (C=O) groups is 2. The normalized spacial score (nSPS) is 9.83. The molecule has 0 spiro atoms. The molecule has 1 aromatic carbocycles. The molecule has 2 amide bonds. The summed E-state index contributed by atoms with van der Waals surface area (Å²) < 4.78 is 4.83. The first-order chi connectivity index (χ1) is 8.65. The van der Waals surface area contributed by atoms with Gasteiger partial charge in [0.25, 0.3) is 5.91 Å². The molecule has 1 heterocycles. The molecule has 92 valence electrons. The van der Waals surface area contributed by atoms with E-state index in [1.807, 2.05) is 0 Å². The quantitative estimate of drug-likeness (QED) is 0.871. The lowest BCUT2D eigenvalue weighted by atomic mass is 10.2. The highest BCUT2D eigenvalue weighted by atomic mass is 16.3. The lowest BCUT2D eigenvalue weighted by Crippen LogP contribution is -2.11. The van der Waals surface area contributed by atoms with Crippen molar-refractivity contribution in [3.8, 4) is 0 Å². The van der Waals surface area contributed by atoms with Crippen molar-refractivity contribution in [1.82, 2.24) is 0 Å². The van der Waals surface area contributed by atoms with E-state index in [2.05, 4.69) is 10.6 Å². The Labute approximate surface area is 104 Å². The number of anilines is 2. The summed E-state index contributed by atoms with van der Waals surface area (Å²) in [4.78, 5) is 22.5. The number of rotatable bonds is 3. The van der Waals surface area contributed by atoms with Crippen molar-refractivity contribution in [3.05, 3.63) is 48.4 Å². The predicted octanol–water partition coefficient (Wildman–Crippen LogP) is 2.49. The van der Waals surface area contributed by atoms with Crippen LogP contribution in [0.1, 0.15) is 17.3 Å². The average molecular weight is 244 g/mol. The van der Waals surface area contributed by atoms with Gasteiger partial charge in [-0.05, 0) is 30.3 Å². The Morgan fingerprint density at radius 1 is 1.00 bits per heavy atom. The number of amides is 2. The average Bonchev–Trinajstić information content (AvgIpc) is 2.84. The van der Waals surface area contributed by atoms with Crippen LogP contribution in [-0.4, -0.2) is 11.8 Å². The van der Waals surface area contributed by atoms with E-state index in [0.717, 1.165) is 0 Å². The summed E-state index contributed by atoms with van der Waals surface area (Å²) in [6.45, 7) is 1.44. The highest BCUT2D eigenvalue weighted by Crippen LogP contribution is 2.14. The molecule has 0 atom stereocenters. The van der Waals surface area contributed by atoms with Crippen molar-refractivity contribution in [3.63, 3.8) is 0 Å². The van der Waals surface area contributed by atoms with E-state index in [1.165, 1.54) is 19.5 Å². The van der Waals surface area contributed by atoms with Crippen molar-refractivity contribution in [1.29, 1.82) is 0 Å². The van der Waals surface area contributed by atoms with E-state index in [-0.39, 0.29) is 11.8 Å². The molecule has 18 heavy (non-hydrogen) atoms. The molecular weight excluding hydrogens is 232 g/mol. The lowest BCUT2D eigenvalue weighted by molar-refractivity contribution is -0.114. The minimum atomic E-state index is -0.240. The molecule has 0 aliphatic rings. The molecule has 0 fully saturated rings. The van der Waals surface area contributed by atoms with Gasteiger partial charge in [0.1, 0.15) is 6.26 Å². The largest absolute Gasteiger partial charge is 0.472 e. The third kappa shape index (κ3) is 2.98. The van der Waals surface area contributed by atoms with Crippen LogP contribution in [0.2, 0.25) is 0 Å². The number of benzene rings is 1. The Balaban J connectivity index is 2.02. The van der Waals surface area contributed by atoms with Gasteiger partial charge in [0.15, 0.2) is 0 Å². The summed E-state index contributed by atoms with van der Waals surface area (Å²) in [5.41, 5.74) is 1.79. The summed E-state index contributed by atoms with van der Waals surface area (Å²) >= 11 is 0. The summed E-state index contributed by atoms with van der Waals surface area (Å²) in [7, 11) is 0. The molecule has 0 saturated heterocycles. The van der Waals surface area contributed by atoms with Gasteiger partial charge < -0.3 is 15.1 Å². The number of hydrogen-bond donors (Lipinski definition) is 2. The third-order valence-corrected chi connectivity index (χ3v) is 2.25. The fourth-order valence-corrected chi connectivity index (χ4v) is 1.44. The van der Waals surface area contributed by atoms with Gasteiger partial charge in [-0.3, -0.25) is 9.59 Å². The maximum absolute atomic E-state index is 11.7. The molecule has 0 bridgehead atoms. The number of hydrogen-bond acceptors (Lipinski definition) is 3. The molecule has 2 N–H and O–H groups in total. The fraction of sp³-hybridized carbons (Fsp3) is 0.0769. The maximum Gasteiger partial charge on any atom is 0.258 e. The fourth-order valence-electron chi connectivity index (χ4n) is 1.44. The summed E-state index contributed by atoms with van der Waals surface area (Å²) in [6, 6.07) is 8.44.